The Kier molecular flexibility index (Phi) is 3.57. The number of hydrogen-bond donors (Lipinski definition) is 2. The van der Waals surface area contributed by atoms with Gasteiger partial charge in [-0.25, -0.2) is 5.10 Å². The molecule has 6 nitrogen and oxygen atoms in total. The molecule has 3 aromatic rings. The Morgan fingerprint density at radius 3 is 3.05 bits per heavy atom. The molecule has 0 atom stereocenters. The lowest BCUT2D eigenvalue weighted by atomic mass is 10.2. The van der Waals surface area contributed by atoms with Crippen LogP contribution in [-0.2, 0) is 0 Å². The summed E-state index contributed by atoms with van der Waals surface area (Å²) in [6.07, 6.45) is 0. The highest BCUT2D eigenvalue weighted by Crippen LogP contribution is 2.27. The summed E-state index contributed by atoms with van der Waals surface area (Å²) in [7, 11) is 0. The van der Waals surface area contributed by atoms with Gasteiger partial charge in [0.05, 0.1) is 10.4 Å². The summed E-state index contributed by atoms with van der Waals surface area (Å²) < 4.78 is 0. The molecule has 0 unspecified atom stereocenters. The van der Waals surface area contributed by atoms with E-state index < -0.39 is 0 Å². The van der Waals surface area contributed by atoms with Crippen LogP contribution in [0.2, 0.25) is 0 Å². The van der Waals surface area contributed by atoms with Gasteiger partial charge in [-0.2, -0.15) is 5.10 Å². The number of aromatic nitrogens is 4. The van der Waals surface area contributed by atoms with Gasteiger partial charge in [-0.05, 0) is 24.4 Å². The molecule has 0 aromatic carbocycles. The number of aromatic amines is 1. The van der Waals surface area contributed by atoms with Crippen molar-refractivity contribution >= 4 is 27.8 Å². The molecule has 0 radical (unpaired) electrons. The fourth-order valence-electron chi connectivity index (χ4n) is 1.67. The van der Waals surface area contributed by atoms with E-state index >= 15 is 0 Å². The summed E-state index contributed by atoms with van der Waals surface area (Å²) in [6.45, 7) is 2.75. The number of hydrogen-bond acceptors (Lipinski definition) is 7. The third-order valence-electron chi connectivity index (χ3n) is 2.56. The molecular weight excluding hydrogens is 294 g/mol. The van der Waals surface area contributed by atoms with E-state index in [2.05, 4.69) is 25.7 Å². The van der Waals surface area contributed by atoms with Gasteiger partial charge in [-0.3, -0.25) is 4.79 Å². The molecule has 0 aliphatic carbocycles. The fraction of sp³-hybridized carbons (Fsp3) is 0.167. The zero-order chi connectivity index (χ0) is 13.9. The van der Waals surface area contributed by atoms with Crippen LogP contribution >= 0.6 is 22.7 Å². The van der Waals surface area contributed by atoms with Crippen molar-refractivity contribution in [3.8, 4) is 21.1 Å². The minimum absolute atomic E-state index is 0.260. The van der Waals surface area contributed by atoms with E-state index in [0.29, 0.717) is 15.7 Å². The predicted molar refractivity (Wildman–Crippen MR) is 81.2 cm³/mol. The zero-order valence-electron chi connectivity index (χ0n) is 10.6. The van der Waals surface area contributed by atoms with Crippen LogP contribution < -0.4 is 10.9 Å². The van der Waals surface area contributed by atoms with Gasteiger partial charge < -0.3 is 5.32 Å². The molecule has 20 heavy (non-hydrogen) atoms. The maximum Gasteiger partial charge on any atom is 0.274 e. The minimum atomic E-state index is -0.260. The fourth-order valence-corrected chi connectivity index (χ4v) is 3.18. The van der Waals surface area contributed by atoms with Gasteiger partial charge in [0.1, 0.15) is 5.69 Å². The van der Waals surface area contributed by atoms with Gasteiger partial charge in [0.25, 0.3) is 5.56 Å². The Morgan fingerprint density at radius 1 is 1.40 bits per heavy atom. The Bertz CT molecular complexity index is 762. The molecule has 0 amide bonds. The second-order valence-electron chi connectivity index (χ2n) is 3.92. The summed E-state index contributed by atoms with van der Waals surface area (Å²) >= 11 is 2.92. The van der Waals surface area contributed by atoms with E-state index in [1.165, 1.54) is 11.3 Å². The Morgan fingerprint density at radius 2 is 2.30 bits per heavy atom. The van der Waals surface area contributed by atoms with Crippen LogP contribution in [0.1, 0.15) is 6.92 Å². The molecule has 0 aliphatic rings. The molecular formula is C12H11N5OS2. The first-order chi connectivity index (χ1) is 9.78. The van der Waals surface area contributed by atoms with Gasteiger partial charge in [0.2, 0.25) is 5.13 Å². The van der Waals surface area contributed by atoms with Crippen LogP contribution in [0.3, 0.4) is 0 Å². The van der Waals surface area contributed by atoms with Crippen molar-refractivity contribution in [1.29, 1.82) is 0 Å². The number of nitrogens with one attached hydrogen (secondary N) is 2. The summed E-state index contributed by atoms with van der Waals surface area (Å²) in [4.78, 5) is 12.9. The molecule has 2 N–H and O–H groups in total. The van der Waals surface area contributed by atoms with Crippen molar-refractivity contribution in [2.24, 2.45) is 0 Å². The molecule has 3 aromatic heterocycles. The van der Waals surface area contributed by atoms with Gasteiger partial charge >= 0.3 is 0 Å². The maximum atomic E-state index is 11.9. The normalized spacial score (nSPS) is 10.7. The van der Waals surface area contributed by atoms with Crippen LogP contribution in [-0.4, -0.2) is 26.9 Å². The first-order valence-corrected chi connectivity index (χ1v) is 7.69. The molecule has 3 heterocycles. The third-order valence-corrected chi connectivity index (χ3v) is 4.37. The van der Waals surface area contributed by atoms with Crippen molar-refractivity contribution in [3.05, 3.63) is 33.9 Å². The van der Waals surface area contributed by atoms with Gasteiger partial charge in [-0.1, -0.05) is 17.4 Å². The standard InChI is InChI=1S/C12H11N5OS2/c1-2-13-12-17-16-11(20-12)7-6-8(14-15-10(7)18)9-4-3-5-19-9/h3-6H,2H2,1H3,(H,13,17)(H,15,18). The summed E-state index contributed by atoms with van der Waals surface area (Å²) in [5.41, 5.74) is 0.962. The smallest absolute Gasteiger partial charge is 0.274 e. The van der Waals surface area contributed by atoms with Crippen LogP contribution in [0.5, 0.6) is 0 Å². The topological polar surface area (TPSA) is 83.6 Å². The van der Waals surface area contributed by atoms with Crippen molar-refractivity contribution in [1.82, 2.24) is 20.4 Å². The first kappa shape index (κ1) is 12.9. The zero-order valence-corrected chi connectivity index (χ0v) is 12.2. The van der Waals surface area contributed by atoms with Gasteiger partial charge in [0.15, 0.2) is 5.01 Å². The van der Waals surface area contributed by atoms with Crippen molar-refractivity contribution in [3.63, 3.8) is 0 Å². The maximum absolute atomic E-state index is 11.9. The first-order valence-electron chi connectivity index (χ1n) is 5.99. The molecule has 8 heteroatoms. The number of thiophene rings is 1. The quantitative estimate of drug-likeness (QED) is 0.773. The lowest BCUT2D eigenvalue weighted by molar-refractivity contribution is 0.994. The van der Waals surface area contributed by atoms with Crippen molar-refractivity contribution < 1.29 is 0 Å². The lowest BCUT2D eigenvalue weighted by Crippen LogP contribution is -2.11. The highest BCUT2D eigenvalue weighted by atomic mass is 32.1. The summed E-state index contributed by atoms with van der Waals surface area (Å²) in [6, 6.07) is 5.65. The van der Waals surface area contributed by atoms with E-state index in [0.717, 1.165) is 17.1 Å². The van der Waals surface area contributed by atoms with E-state index in [1.54, 1.807) is 17.4 Å². The lowest BCUT2D eigenvalue weighted by Gasteiger charge is -1.98. The number of rotatable bonds is 4. The summed E-state index contributed by atoms with van der Waals surface area (Å²) in [5, 5.41) is 21.0. The predicted octanol–water partition coefficient (Wildman–Crippen LogP) is 2.45. The monoisotopic (exact) mass is 305 g/mol. The average Bonchev–Trinajstić information content (AvgIpc) is 3.11. The van der Waals surface area contributed by atoms with Gasteiger partial charge in [0, 0.05) is 6.54 Å². The molecule has 0 saturated heterocycles. The van der Waals surface area contributed by atoms with E-state index in [-0.39, 0.29) is 5.56 Å². The largest absolute Gasteiger partial charge is 0.360 e. The molecule has 0 bridgehead atoms. The van der Waals surface area contributed by atoms with Crippen LogP contribution in [0.25, 0.3) is 21.1 Å². The number of H-pyrrole nitrogens is 1. The molecule has 0 saturated carbocycles. The highest BCUT2D eigenvalue weighted by molar-refractivity contribution is 7.18. The minimum Gasteiger partial charge on any atom is -0.360 e. The average molecular weight is 305 g/mol. The van der Waals surface area contributed by atoms with Crippen LogP contribution in [0.4, 0.5) is 5.13 Å². The highest BCUT2D eigenvalue weighted by Gasteiger charge is 2.12. The second kappa shape index (κ2) is 5.51. The van der Waals surface area contributed by atoms with Crippen molar-refractivity contribution in [2.45, 2.75) is 6.92 Å². The number of nitrogens with zero attached hydrogens (tertiary/aromatic N) is 3. The molecule has 0 aliphatic heterocycles. The van der Waals surface area contributed by atoms with Crippen LogP contribution in [0.15, 0.2) is 28.4 Å². The second-order valence-corrected chi connectivity index (χ2v) is 5.84. The van der Waals surface area contributed by atoms with E-state index in [4.69, 9.17) is 0 Å². The van der Waals surface area contributed by atoms with Gasteiger partial charge in [-0.15, -0.1) is 21.5 Å². The molecule has 3 rings (SSSR count). The van der Waals surface area contributed by atoms with E-state index in [9.17, 15) is 4.79 Å². The summed E-state index contributed by atoms with van der Waals surface area (Å²) in [5.74, 6) is 0. The van der Waals surface area contributed by atoms with E-state index in [1.807, 2.05) is 24.4 Å². The third kappa shape index (κ3) is 2.47. The van der Waals surface area contributed by atoms with Crippen LogP contribution in [0, 0.1) is 0 Å². The Labute approximate surface area is 122 Å². The number of anilines is 1. The molecule has 0 spiro atoms. The Balaban J connectivity index is 2.03. The molecule has 0 fully saturated rings. The SMILES string of the molecule is CCNc1nnc(-c2cc(-c3cccs3)n[nH]c2=O)s1. The van der Waals surface area contributed by atoms with Crippen molar-refractivity contribution in [2.75, 3.05) is 11.9 Å². The Hall–Kier alpha value is -2.06. The molecule has 102 valence electrons.